The fourth-order valence-corrected chi connectivity index (χ4v) is 2.88. The number of nitrogens with zero attached hydrogens (tertiary/aromatic N) is 1. The van der Waals surface area contributed by atoms with Crippen LogP contribution in [0.1, 0.15) is 63.7 Å². The number of rotatable bonds is 3. The third-order valence-corrected chi connectivity index (χ3v) is 4.25. The molecule has 1 unspecified atom stereocenters. The van der Waals surface area contributed by atoms with E-state index in [1.807, 2.05) is 31.0 Å². The van der Waals surface area contributed by atoms with Crippen LogP contribution in [-0.2, 0) is 0 Å². The first kappa shape index (κ1) is 14.9. The Morgan fingerprint density at radius 1 is 1.30 bits per heavy atom. The van der Waals surface area contributed by atoms with Crippen molar-refractivity contribution in [3.05, 3.63) is 24.2 Å². The number of urea groups is 1. The number of carbonyl (C=O) groups excluding carboxylic acids is 1. The van der Waals surface area contributed by atoms with E-state index in [1.54, 1.807) is 6.26 Å². The second kappa shape index (κ2) is 7.36. The first-order chi connectivity index (χ1) is 9.68. The molecular formula is C16H26N2O2. The van der Waals surface area contributed by atoms with Crippen LogP contribution in [0, 0.1) is 0 Å². The molecule has 0 radical (unpaired) electrons. The monoisotopic (exact) mass is 278 g/mol. The number of hydrogen-bond donors (Lipinski definition) is 1. The van der Waals surface area contributed by atoms with E-state index in [4.69, 9.17) is 4.42 Å². The minimum atomic E-state index is -0.0893. The van der Waals surface area contributed by atoms with Crippen LogP contribution in [0.15, 0.2) is 22.8 Å². The molecule has 1 N–H and O–H groups in total. The normalized spacial score (nSPS) is 18.9. The third kappa shape index (κ3) is 4.02. The molecule has 0 spiro atoms. The highest BCUT2D eigenvalue weighted by Crippen LogP contribution is 2.21. The average molecular weight is 278 g/mol. The van der Waals surface area contributed by atoms with Gasteiger partial charge in [-0.1, -0.05) is 32.1 Å². The summed E-state index contributed by atoms with van der Waals surface area (Å²) < 4.78 is 5.32. The zero-order valence-corrected chi connectivity index (χ0v) is 12.6. The highest BCUT2D eigenvalue weighted by Gasteiger charge is 2.22. The summed E-state index contributed by atoms with van der Waals surface area (Å²) in [5.74, 6) is 0.796. The standard InChI is InChI=1S/C16H26N2O2/c1-13(15-11-8-12-20-15)17-16(19)18(2)14-9-6-4-3-5-7-10-14/h8,11-14H,3-7,9-10H2,1-2H3,(H,17,19). The van der Waals surface area contributed by atoms with E-state index in [2.05, 4.69) is 5.32 Å². The van der Waals surface area contributed by atoms with Crippen molar-refractivity contribution in [1.82, 2.24) is 10.2 Å². The molecular weight excluding hydrogens is 252 g/mol. The van der Waals surface area contributed by atoms with Crippen molar-refractivity contribution >= 4 is 6.03 Å². The van der Waals surface area contributed by atoms with Crippen molar-refractivity contribution in [2.45, 2.75) is 64.0 Å². The summed E-state index contributed by atoms with van der Waals surface area (Å²) in [5, 5.41) is 3.01. The van der Waals surface area contributed by atoms with E-state index in [0.717, 1.165) is 18.6 Å². The van der Waals surface area contributed by atoms with Gasteiger partial charge in [0.25, 0.3) is 0 Å². The van der Waals surface area contributed by atoms with Crippen LogP contribution in [0.5, 0.6) is 0 Å². The van der Waals surface area contributed by atoms with E-state index >= 15 is 0 Å². The molecule has 1 aliphatic carbocycles. The summed E-state index contributed by atoms with van der Waals surface area (Å²) in [6.07, 6.45) is 10.3. The number of amides is 2. The predicted molar refractivity (Wildman–Crippen MR) is 79.5 cm³/mol. The van der Waals surface area contributed by atoms with Gasteiger partial charge in [-0.3, -0.25) is 0 Å². The van der Waals surface area contributed by atoms with Crippen molar-refractivity contribution in [3.8, 4) is 0 Å². The quantitative estimate of drug-likeness (QED) is 0.905. The zero-order chi connectivity index (χ0) is 14.4. The lowest BCUT2D eigenvalue weighted by molar-refractivity contribution is 0.174. The summed E-state index contributed by atoms with van der Waals surface area (Å²) >= 11 is 0. The van der Waals surface area contributed by atoms with Crippen LogP contribution in [0.4, 0.5) is 4.79 Å². The molecule has 1 saturated carbocycles. The number of nitrogens with one attached hydrogen (secondary N) is 1. The van der Waals surface area contributed by atoms with Gasteiger partial charge in [-0.2, -0.15) is 0 Å². The molecule has 20 heavy (non-hydrogen) atoms. The van der Waals surface area contributed by atoms with Crippen molar-refractivity contribution in [1.29, 1.82) is 0 Å². The van der Waals surface area contributed by atoms with Crippen molar-refractivity contribution in [2.24, 2.45) is 0 Å². The van der Waals surface area contributed by atoms with E-state index in [1.165, 1.54) is 32.1 Å². The van der Waals surface area contributed by atoms with Gasteiger partial charge in [0.2, 0.25) is 0 Å². The molecule has 0 saturated heterocycles. The van der Waals surface area contributed by atoms with Crippen LogP contribution < -0.4 is 5.32 Å². The van der Waals surface area contributed by atoms with Crippen molar-refractivity contribution < 1.29 is 9.21 Å². The Morgan fingerprint density at radius 3 is 2.55 bits per heavy atom. The van der Waals surface area contributed by atoms with E-state index in [9.17, 15) is 4.79 Å². The zero-order valence-electron chi connectivity index (χ0n) is 12.6. The molecule has 1 atom stereocenters. The van der Waals surface area contributed by atoms with Gasteiger partial charge in [0.05, 0.1) is 12.3 Å². The lowest BCUT2D eigenvalue weighted by Gasteiger charge is -2.30. The van der Waals surface area contributed by atoms with Crippen LogP contribution in [0.3, 0.4) is 0 Å². The lowest BCUT2D eigenvalue weighted by atomic mass is 9.96. The molecule has 1 aromatic rings. The molecule has 1 aromatic heterocycles. The molecule has 4 nitrogen and oxygen atoms in total. The van der Waals surface area contributed by atoms with Crippen LogP contribution >= 0.6 is 0 Å². The van der Waals surface area contributed by atoms with Crippen LogP contribution in [0.25, 0.3) is 0 Å². The Morgan fingerprint density at radius 2 is 1.95 bits per heavy atom. The highest BCUT2D eigenvalue weighted by atomic mass is 16.3. The fraction of sp³-hybridized carbons (Fsp3) is 0.688. The smallest absolute Gasteiger partial charge is 0.317 e. The number of hydrogen-bond acceptors (Lipinski definition) is 2. The Bertz CT molecular complexity index is 395. The Balaban J connectivity index is 1.86. The largest absolute Gasteiger partial charge is 0.467 e. The van der Waals surface area contributed by atoms with Crippen LogP contribution in [-0.4, -0.2) is 24.0 Å². The molecule has 112 valence electrons. The summed E-state index contributed by atoms with van der Waals surface area (Å²) in [5.41, 5.74) is 0. The topological polar surface area (TPSA) is 45.5 Å². The molecule has 0 bridgehead atoms. The predicted octanol–water partition coefficient (Wildman–Crippen LogP) is 4.09. The summed E-state index contributed by atoms with van der Waals surface area (Å²) in [6.45, 7) is 1.95. The van der Waals surface area contributed by atoms with Crippen molar-refractivity contribution in [2.75, 3.05) is 7.05 Å². The molecule has 2 rings (SSSR count). The molecule has 1 fully saturated rings. The van der Waals surface area contributed by atoms with Gasteiger partial charge in [0.15, 0.2) is 0 Å². The van der Waals surface area contributed by atoms with Gasteiger partial charge in [-0.15, -0.1) is 0 Å². The first-order valence-corrected chi connectivity index (χ1v) is 7.75. The van der Waals surface area contributed by atoms with Crippen molar-refractivity contribution in [3.63, 3.8) is 0 Å². The molecule has 0 aromatic carbocycles. The molecule has 2 amide bonds. The van der Waals surface area contributed by atoms with E-state index in [0.29, 0.717) is 6.04 Å². The Hall–Kier alpha value is -1.45. The summed E-state index contributed by atoms with van der Waals surface area (Å²) in [7, 11) is 1.91. The summed E-state index contributed by atoms with van der Waals surface area (Å²) in [6, 6.07) is 4.02. The maximum Gasteiger partial charge on any atom is 0.317 e. The second-order valence-corrected chi connectivity index (χ2v) is 5.80. The van der Waals surface area contributed by atoms with Gasteiger partial charge < -0.3 is 14.6 Å². The van der Waals surface area contributed by atoms with Gasteiger partial charge in [-0.25, -0.2) is 4.79 Å². The highest BCUT2D eigenvalue weighted by molar-refractivity contribution is 5.74. The summed E-state index contributed by atoms with van der Waals surface area (Å²) in [4.78, 5) is 14.2. The maximum atomic E-state index is 12.3. The average Bonchev–Trinajstić information content (AvgIpc) is 2.91. The fourth-order valence-electron chi connectivity index (χ4n) is 2.88. The van der Waals surface area contributed by atoms with Crippen LogP contribution in [0.2, 0.25) is 0 Å². The Labute approximate surface area is 121 Å². The minimum Gasteiger partial charge on any atom is -0.467 e. The first-order valence-electron chi connectivity index (χ1n) is 7.75. The van der Waals surface area contributed by atoms with Gasteiger partial charge in [-0.05, 0) is 31.9 Å². The van der Waals surface area contributed by atoms with Gasteiger partial charge in [0.1, 0.15) is 5.76 Å². The number of carbonyl (C=O) groups is 1. The van der Waals surface area contributed by atoms with E-state index in [-0.39, 0.29) is 12.1 Å². The molecule has 1 heterocycles. The molecule has 1 aliphatic rings. The SMILES string of the molecule is CC(NC(=O)N(C)C1CCCCCCC1)c1ccco1. The third-order valence-electron chi connectivity index (χ3n) is 4.25. The minimum absolute atomic E-state index is 0.000488. The lowest BCUT2D eigenvalue weighted by Crippen LogP contribution is -2.44. The Kier molecular flexibility index (Phi) is 5.50. The molecule has 0 aliphatic heterocycles. The van der Waals surface area contributed by atoms with E-state index < -0.39 is 0 Å². The number of furan rings is 1. The van der Waals surface area contributed by atoms with Gasteiger partial charge in [0, 0.05) is 13.1 Å². The maximum absolute atomic E-state index is 12.3. The molecule has 4 heteroatoms. The van der Waals surface area contributed by atoms with Gasteiger partial charge >= 0.3 is 6.03 Å². The second-order valence-electron chi connectivity index (χ2n) is 5.80.